The van der Waals surface area contributed by atoms with Crippen molar-refractivity contribution in [1.82, 2.24) is 24.6 Å². The van der Waals surface area contributed by atoms with Gasteiger partial charge in [0.1, 0.15) is 44.4 Å². The maximum Gasteiger partial charge on any atom is 0.411 e. The molecule has 89 heavy (non-hydrogen) atoms. The van der Waals surface area contributed by atoms with E-state index >= 15 is 0 Å². The van der Waals surface area contributed by atoms with Crippen molar-refractivity contribution in [3.8, 4) is 0 Å². The minimum absolute atomic E-state index is 0.000864. The second-order valence-electron chi connectivity index (χ2n) is 23.8. The van der Waals surface area contributed by atoms with Crippen LogP contribution in [-0.2, 0) is 76.1 Å². The third-order valence-corrected chi connectivity index (χ3v) is 18.7. The molecule has 5 amide bonds. The third kappa shape index (κ3) is 19.7. The minimum Gasteiger partial charge on any atom is -0.469 e. The van der Waals surface area contributed by atoms with E-state index in [2.05, 4.69) is 48.0 Å². The Morgan fingerprint density at radius 3 is 1.65 bits per heavy atom. The summed E-state index contributed by atoms with van der Waals surface area (Å²) in [4.78, 5) is 91.5. The molecule has 7 rings (SSSR count). The Morgan fingerprint density at radius 1 is 0.663 bits per heavy atom. The fourth-order valence-corrected chi connectivity index (χ4v) is 13.1. The van der Waals surface area contributed by atoms with Crippen molar-refractivity contribution >= 4 is 73.3 Å². The first-order valence-electron chi connectivity index (χ1n) is 30.2. The SMILES string of the molecule is C=C[C@@H]1C[C@]1(N)C(=O)NS(=O)(=O)c1ccccc1NCCCCCCCCC(=O)OC.C=C[C@@H]1C[C@]1(NC(=O)[C@@H]1C[C@@H](OC(=O)N2Cc3cccc(F)c3C2)CN1C(=O)OC(C)(C)C)C(=O)NS(=O)(=O)c1ccccc1NCCCCCCCCC(=O)OC. The molecule has 3 aromatic rings. The quantitative estimate of drug-likeness (QED) is 0.0153. The minimum atomic E-state index is -4.44. The largest absolute Gasteiger partial charge is 0.469 e. The number of likely N-dealkylation sites (tertiary alicyclic amines) is 1. The number of sulfonamides is 2. The first-order chi connectivity index (χ1) is 42.2. The molecular formula is C63H87FN8O15S2. The number of rotatable bonds is 31. The summed E-state index contributed by atoms with van der Waals surface area (Å²) in [6, 6.07) is 16.0. The van der Waals surface area contributed by atoms with E-state index < -0.39 is 90.5 Å². The number of nitrogens with zero attached hydrogens (tertiary/aromatic N) is 2. The van der Waals surface area contributed by atoms with Crippen molar-refractivity contribution in [2.24, 2.45) is 17.6 Å². The summed E-state index contributed by atoms with van der Waals surface area (Å²) in [5, 5.41) is 9.01. The van der Waals surface area contributed by atoms with E-state index in [4.69, 9.17) is 15.2 Å². The first-order valence-corrected chi connectivity index (χ1v) is 33.2. The molecule has 0 spiro atoms. The van der Waals surface area contributed by atoms with Gasteiger partial charge in [0, 0.05) is 56.3 Å². The number of amides is 5. The Hall–Kier alpha value is -7.58. The Kier molecular flexibility index (Phi) is 25.1. The number of carbonyl (C=O) groups is 7. The molecule has 7 N–H and O–H groups in total. The lowest BCUT2D eigenvalue weighted by molar-refractivity contribution is -0.141. The van der Waals surface area contributed by atoms with Crippen LogP contribution in [0.15, 0.2) is 102 Å². The molecule has 2 aliphatic carbocycles. The van der Waals surface area contributed by atoms with E-state index in [1.807, 2.05) is 0 Å². The zero-order valence-electron chi connectivity index (χ0n) is 51.6. The summed E-state index contributed by atoms with van der Waals surface area (Å²) in [5.74, 6) is -4.12. The number of hydrogen-bond donors (Lipinski definition) is 6. The number of ether oxygens (including phenoxy) is 4. The second kappa shape index (κ2) is 31.7. The summed E-state index contributed by atoms with van der Waals surface area (Å²) < 4.78 is 92.1. The molecule has 488 valence electrons. The number of unbranched alkanes of at least 4 members (excludes halogenated alkanes) is 10. The lowest BCUT2D eigenvalue weighted by Crippen LogP contribution is -2.56. The van der Waals surface area contributed by atoms with E-state index in [-0.39, 0.29) is 60.1 Å². The van der Waals surface area contributed by atoms with Gasteiger partial charge in [0.15, 0.2) is 0 Å². The van der Waals surface area contributed by atoms with Gasteiger partial charge in [0.25, 0.3) is 31.9 Å². The Labute approximate surface area is 521 Å². The average Bonchev–Trinajstić information content (AvgIpc) is 1.71. The molecule has 6 atom stereocenters. The van der Waals surface area contributed by atoms with Gasteiger partial charge in [0.2, 0.25) is 5.91 Å². The lowest BCUT2D eigenvalue weighted by Gasteiger charge is -2.29. The van der Waals surface area contributed by atoms with Gasteiger partial charge in [-0.15, -0.1) is 13.2 Å². The van der Waals surface area contributed by atoms with Gasteiger partial charge in [-0.05, 0) is 95.2 Å². The van der Waals surface area contributed by atoms with E-state index in [0.29, 0.717) is 54.9 Å². The molecule has 26 heteroatoms. The molecule has 2 heterocycles. The van der Waals surface area contributed by atoms with Crippen LogP contribution in [0.2, 0.25) is 0 Å². The molecule has 2 saturated carbocycles. The molecule has 0 unspecified atom stereocenters. The average molecular weight is 1280 g/mol. The smallest absolute Gasteiger partial charge is 0.411 e. The van der Waals surface area contributed by atoms with E-state index in [0.717, 1.165) is 81.9 Å². The molecule has 0 aromatic heterocycles. The number of hydrogen-bond acceptors (Lipinski definition) is 18. The van der Waals surface area contributed by atoms with Crippen LogP contribution in [0.5, 0.6) is 0 Å². The van der Waals surface area contributed by atoms with Crippen molar-refractivity contribution in [3.05, 3.63) is 109 Å². The predicted molar refractivity (Wildman–Crippen MR) is 331 cm³/mol. The van der Waals surface area contributed by atoms with Crippen LogP contribution in [0.1, 0.15) is 141 Å². The molecule has 4 aliphatic rings. The molecule has 3 fully saturated rings. The fourth-order valence-electron chi connectivity index (χ4n) is 10.7. The van der Waals surface area contributed by atoms with E-state index in [1.165, 1.54) is 49.5 Å². The third-order valence-electron chi connectivity index (χ3n) is 16.0. The highest BCUT2D eigenvalue weighted by Gasteiger charge is 2.62. The number of nitrogens with one attached hydrogen (secondary N) is 5. The van der Waals surface area contributed by atoms with Crippen LogP contribution < -0.4 is 31.1 Å². The molecule has 0 radical (unpaired) electrons. The van der Waals surface area contributed by atoms with Crippen molar-refractivity contribution in [1.29, 1.82) is 0 Å². The van der Waals surface area contributed by atoms with Gasteiger partial charge < -0.3 is 40.6 Å². The normalized spacial score (nSPS) is 20.7. The predicted octanol–water partition coefficient (Wildman–Crippen LogP) is 8.25. The van der Waals surface area contributed by atoms with Gasteiger partial charge in [-0.25, -0.2) is 40.3 Å². The molecule has 0 bridgehead atoms. The van der Waals surface area contributed by atoms with Gasteiger partial charge >= 0.3 is 24.1 Å². The van der Waals surface area contributed by atoms with Crippen LogP contribution in [-0.4, -0.2) is 131 Å². The standard InChI is InChI=1S/C41H54FN5O10S.C22H33N3O5S/c1-6-28-23-41(28,37(50)45-58(53,54)34-19-13-12-18-32(34)43-21-14-10-8-7-9-11-20-35(48)55-5)44-36(49)33-22-29(25-47(33)39(52)57-40(2,3)4)56-38(51)46-24-27-16-15-17-31(42)30(27)26-46;1-3-17-16-22(17,23)21(27)25-31(28,29)19-13-10-9-12-18(19)24-15-11-7-5-4-6-8-14-20(26)30-2/h6,12-13,15-19,28-29,33,43H,1,7-11,14,20-26H2,2-5H3,(H,44,49)(H,45,50);3,9-10,12-13,17,24H,1,4-8,11,14-16,23H2,2H3,(H,25,27)/t28-,29-,33+,41-;17-,22-/m11/s1. The number of para-hydroxylation sites is 2. The van der Waals surface area contributed by atoms with Crippen LogP contribution >= 0.6 is 0 Å². The van der Waals surface area contributed by atoms with Gasteiger partial charge in [0.05, 0.1) is 38.7 Å². The van der Waals surface area contributed by atoms with Crippen LogP contribution in [0.3, 0.4) is 0 Å². The maximum atomic E-state index is 14.4. The summed E-state index contributed by atoms with van der Waals surface area (Å²) in [5.41, 5.74) is 3.92. The number of nitrogens with two attached hydrogens (primary N) is 1. The summed E-state index contributed by atoms with van der Waals surface area (Å²) >= 11 is 0. The Bertz CT molecular complexity index is 3270. The van der Waals surface area contributed by atoms with Crippen molar-refractivity contribution in [2.45, 2.75) is 182 Å². The number of methoxy groups -OCH3 is 2. The van der Waals surface area contributed by atoms with Crippen LogP contribution in [0.25, 0.3) is 0 Å². The Balaban J connectivity index is 0.000000343. The number of anilines is 2. The first kappa shape index (κ1) is 70.5. The highest BCUT2D eigenvalue weighted by atomic mass is 32.2. The second-order valence-corrected chi connectivity index (χ2v) is 27.1. The van der Waals surface area contributed by atoms with Gasteiger partial charge in [-0.1, -0.05) is 99.9 Å². The lowest BCUT2D eigenvalue weighted by atomic mass is 10.1. The summed E-state index contributed by atoms with van der Waals surface area (Å²) in [7, 11) is -5.72. The van der Waals surface area contributed by atoms with Crippen LogP contribution in [0, 0.1) is 17.7 Å². The molecular weight excluding hydrogens is 1190 g/mol. The summed E-state index contributed by atoms with van der Waals surface area (Å²) in [6.45, 7) is 13.4. The van der Waals surface area contributed by atoms with E-state index in [9.17, 15) is 54.8 Å². The van der Waals surface area contributed by atoms with Crippen molar-refractivity contribution in [2.75, 3.05) is 44.5 Å². The highest BCUT2D eigenvalue weighted by Crippen LogP contribution is 2.46. The monoisotopic (exact) mass is 1280 g/mol. The number of fused-ring (bicyclic) bond motifs is 1. The molecule has 2 aliphatic heterocycles. The van der Waals surface area contributed by atoms with Crippen molar-refractivity contribution < 1.29 is 73.7 Å². The maximum absolute atomic E-state index is 14.4. The van der Waals surface area contributed by atoms with Crippen LogP contribution in [0.4, 0.5) is 25.4 Å². The molecule has 3 aromatic carbocycles. The number of carbonyl (C=O) groups excluding carboxylic acids is 7. The number of esters is 2. The number of benzene rings is 3. The van der Waals surface area contributed by atoms with Gasteiger partial charge in [-0.3, -0.25) is 33.8 Å². The molecule has 1 saturated heterocycles. The van der Waals surface area contributed by atoms with Crippen molar-refractivity contribution in [3.63, 3.8) is 0 Å². The van der Waals surface area contributed by atoms with E-state index in [1.54, 1.807) is 69.3 Å². The topological polar surface area (TPSA) is 317 Å². The number of halogens is 1. The zero-order chi connectivity index (χ0) is 65.2. The zero-order valence-corrected chi connectivity index (χ0v) is 53.2. The summed E-state index contributed by atoms with van der Waals surface area (Å²) in [6.07, 6.45) is 12.7. The fraction of sp³-hybridized carbons (Fsp3) is 0.540. The molecule has 23 nitrogen and oxygen atoms in total. The highest BCUT2D eigenvalue weighted by molar-refractivity contribution is 7.90. The Morgan fingerprint density at radius 2 is 1.17 bits per heavy atom. The van der Waals surface area contributed by atoms with Gasteiger partial charge in [-0.2, -0.15) is 0 Å².